The minimum Gasteiger partial charge on any atom is -0.464 e. The number of likely N-dealkylation sites (tertiary alicyclic amines) is 1. The van der Waals surface area contributed by atoms with Gasteiger partial charge in [-0.25, -0.2) is 0 Å². The fourth-order valence-corrected chi connectivity index (χ4v) is 5.01. The number of carbonyl (C=O) groups excluding carboxylic acids is 2. The summed E-state index contributed by atoms with van der Waals surface area (Å²) in [4.78, 5) is 31.6. The van der Waals surface area contributed by atoms with Gasteiger partial charge in [0.15, 0.2) is 0 Å². The first-order chi connectivity index (χ1) is 16.1. The van der Waals surface area contributed by atoms with Crippen LogP contribution in [0.3, 0.4) is 0 Å². The summed E-state index contributed by atoms with van der Waals surface area (Å²) >= 11 is 0. The van der Waals surface area contributed by atoms with Gasteiger partial charge in [0.25, 0.3) is 5.91 Å². The molecule has 33 heavy (non-hydrogen) atoms. The molecule has 1 aromatic carbocycles. The van der Waals surface area contributed by atoms with Gasteiger partial charge in [-0.05, 0) is 79.5 Å². The molecule has 2 fully saturated rings. The van der Waals surface area contributed by atoms with Gasteiger partial charge in [-0.15, -0.1) is 0 Å². The molecule has 1 aliphatic heterocycles. The zero-order valence-corrected chi connectivity index (χ0v) is 18.7. The van der Waals surface area contributed by atoms with Crippen LogP contribution >= 0.6 is 0 Å². The quantitative estimate of drug-likeness (QED) is 0.552. The number of nitrogens with zero attached hydrogens (tertiary/aromatic N) is 2. The van der Waals surface area contributed by atoms with Crippen LogP contribution in [0.25, 0.3) is 11.3 Å². The van der Waals surface area contributed by atoms with Crippen molar-refractivity contribution >= 4 is 11.8 Å². The van der Waals surface area contributed by atoms with Gasteiger partial charge in [-0.2, -0.15) is 0 Å². The van der Waals surface area contributed by atoms with Crippen LogP contribution in [-0.4, -0.2) is 41.3 Å². The van der Waals surface area contributed by atoms with Gasteiger partial charge in [0.05, 0.1) is 6.26 Å². The molecule has 170 valence electrons. The van der Waals surface area contributed by atoms with Gasteiger partial charge in [-0.1, -0.05) is 12.1 Å². The smallest absolute Gasteiger partial charge is 0.253 e. The number of aryl methyl sites for hydroxylation is 1. The zero-order valence-electron chi connectivity index (χ0n) is 18.7. The van der Waals surface area contributed by atoms with E-state index in [1.165, 1.54) is 5.56 Å². The summed E-state index contributed by atoms with van der Waals surface area (Å²) in [6, 6.07) is 15.4. The molecule has 3 aromatic rings. The number of rotatable bonds is 7. The van der Waals surface area contributed by atoms with E-state index in [2.05, 4.69) is 10.3 Å². The summed E-state index contributed by atoms with van der Waals surface area (Å²) in [6.07, 6.45) is 9.87. The third-order valence-corrected chi connectivity index (χ3v) is 7.18. The lowest BCUT2D eigenvalue weighted by molar-refractivity contribution is -0.123. The van der Waals surface area contributed by atoms with Crippen molar-refractivity contribution in [3.05, 3.63) is 78.3 Å². The van der Waals surface area contributed by atoms with Gasteiger partial charge in [-0.3, -0.25) is 14.6 Å². The van der Waals surface area contributed by atoms with E-state index in [4.69, 9.17) is 4.42 Å². The lowest BCUT2D eigenvalue weighted by atomic mass is 9.90. The molecule has 1 saturated heterocycles. The molecule has 1 aliphatic carbocycles. The van der Waals surface area contributed by atoms with E-state index in [0.717, 1.165) is 43.4 Å². The number of amides is 2. The fourth-order valence-electron chi connectivity index (χ4n) is 5.01. The molecule has 0 radical (unpaired) electrons. The fraction of sp³-hybridized carbons (Fsp3) is 0.370. The molecule has 1 saturated carbocycles. The first-order valence-electron chi connectivity index (χ1n) is 11.7. The summed E-state index contributed by atoms with van der Waals surface area (Å²) in [6.45, 7) is 2.13. The number of carbonyl (C=O) groups is 2. The van der Waals surface area contributed by atoms with Crippen molar-refractivity contribution in [2.24, 2.45) is 11.3 Å². The van der Waals surface area contributed by atoms with Crippen LogP contribution < -0.4 is 5.32 Å². The Balaban J connectivity index is 1.07. The maximum Gasteiger partial charge on any atom is 0.253 e. The second-order valence-electron chi connectivity index (χ2n) is 9.22. The molecule has 2 amide bonds. The monoisotopic (exact) mass is 443 g/mol. The third kappa shape index (κ3) is 4.70. The molecule has 3 heterocycles. The van der Waals surface area contributed by atoms with Crippen molar-refractivity contribution in [1.29, 1.82) is 0 Å². The van der Waals surface area contributed by atoms with Crippen LogP contribution in [0.4, 0.5) is 0 Å². The highest BCUT2D eigenvalue weighted by Gasteiger charge is 2.58. The first kappa shape index (κ1) is 21.4. The van der Waals surface area contributed by atoms with Gasteiger partial charge in [0, 0.05) is 49.1 Å². The number of aromatic nitrogens is 1. The standard InChI is InChI=1S/C27H29N3O3/c31-25(29-13-1-3-20-9-14-28-15-10-20)23-19-27(23)11-16-30(17-12-27)26(32)22-7-5-21(6-8-22)24-4-2-18-33-24/h2,4-10,14-15,18,23H,1,3,11-13,16-17,19H2,(H,29,31). The number of pyridine rings is 1. The molecule has 1 spiro atoms. The average molecular weight is 444 g/mol. The number of benzene rings is 1. The highest BCUT2D eigenvalue weighted by molar-refractivity contribution is 5.94. The summed E-state index contributed by atoms with van der Waals surface area (Å²) in [5, 5.41) is 3.12. The first-order valence-corrected chi connectivity index (χ1v) is 11.7. The second-order valence-corrected chi connectivity index (χ2v) is 9.22. The molecule has 2 aromatic heterocycles. The Kier molecular flexibility index (Phi) is 5.99. The predicted molar refractivity (Wildman–Crippen MR) is 125 cm³/mol. The van der Waals surface area contributed by atoms with E-state index >= 15 is 0 Å². The minimum absolute atomic E-state index is 0.0635. The Morgan fingerprint density at radius 3 is 2.52 bits per heavy atom. The molecular weight excluding hydrogens is 414 g/mol. The Labute approximate surface area is 194 Å². The lowest BCUT2D eigenvalue weighted by Crippen LogP contribution is -2.40. The summed E-state index contributed by atoms with van der Waals surface area (Å²) in [7, 11) is 0. The van der Waals surface area contributed by atoms with Crippen LogP contribution in [0, 0.1) is 11.3 Å². The second kappa shape index (κ2) is 9.22. The van der Waals surface area contributed by atoms with Crippen molar-refractivity contribution in [2.45, 2.75) is 32.1 Å². The summed E-state index contributed by atoms with van der Waals surface area (Å²) in [5.41, 5.74) is 2.99. The van der Waals surface area contributed by atoms with Crippen LogP contribution in [0.2, 0.25) is 0 Å². The summed E-state index contributed by atoms with van der Waals surface area (Å²) < 4.78 is 5.42. The Bertz CT molecular complexity index is 1090. The number of piperidine rings is 1. The lowest BCUT2D eigenvalue weighted by Gasteiger charge is -2.33. The normalized spacial score (nSPS) is 18.8. The maximum absolute atomic E-state index is 13.0. The Hall–Kier alpha value is -3.41. The Morgan fingerprint density at radius 2 is 1.82 bits per heavy atom. The minimum atomic E-state index is 0.0635. The molecule has 0 bridgehead atoms. The van der Waals surface area contributed by atoms with E-state index in [9.17, 15) is 9.59 Å². The van der Waals surface area contributed by atoms with Crippen molar-refractivity contribution in [3.8, 4) is 11.3 Å². The van der Waals surface area contributed by atoms with Gasteiger partial charge < -0.3 is 14.6 Å². The highest BCUT2D eigenvalue weighted by atomic mass is 16.3. The van der Waals surface area contributed by atoms with Gasteiger partial charge >= 0.3 is 0 Å². The largest absolute Gasteiger partial charge is 0.464 e. The zero-order chi connectivity index (χ0) is 22.7. The summed E-state index contributed by atoms with van der Waals surface area (Å²) in [5.74, 6) is 1.14. The number of hydrogen-bond donors (Lipinski definition) is 1. The molecule has 1 unspecified atom stereocenters. The number of furan rings is 1. The Morgan fingerprint density at radius 1 is 1.06 bits per heavy atom. The molecule has 6 heteroatoms. The number of hydrogen-bond acceptors (Lipinski definition) is 4. The topological polar surface area (TPSA) is 75.4 Å². The van der Waals surface area contributed by atoms with Crippen LogP contribution in [0.1, 0.15) is 41.6 Å². The van der Waals surface area contributed by atoms with E-state index < -0.39 is 0 Å². The average Bonchev–Trinajstić information content (AvgIpc) is 3.28. The van der Waals surface area contributed by atoms with E-state index in [1.54, 1.807) is 18.7 Å². The molecule has 1 atom stereocenters. The highest BCUT2D eigenvalue weighted by Crippen LogP contribution is 2.59. The van der Waals surface area contributed by atoms with Crippen molar-refractivity contribution in [3.63, 3.8) is 0 Å². The van der Waals surface area contributed by atoms with Crippen molar-refractivity contribution in [1.82, 2.24) is 15.2 Å². The molecule has 1 N–H and O–H groups in total. The van der Waals surface area contributed by atoms with E-state index in [1.807, 2.05) is 53.4 Å². The van der Waals surface area contributed by atoms with Gasteiger partial charge in [0.1, 0.15) is 5.76 Å². The van der Waals surface area contributed by atoms with E-state index in [-0.39, 0.29) is 23.1 Å². The molecule has 2 aliphatic rings. The van der Waals surface area contributed by atoms with Crippen LogP contribution in [0.15, 0.2) is 71.6 Å². The van der Waals surface area contributed by atoms with E-state index in [0.29, 0.717) is 25.2 Å². The maximum atomic E-state index is 13.0. The molecular formula is C27H29N3O3. The SMILES string of the molecule is O=C(NCCCc1ccncc1)C1CC12CCN(C(=O)c1ccc(-c3ccco3)cc1)CC2. The van der Waals surface area contributed by atoms with Crippen LogP contribution in [-0.2, 0) is 11.2 Å². The predicted octanol–water partition coefficient (Wildman–Crippen LogP) is 4.33. The third-order valence-electron chi connectivity index (χ3n) is 7.18. The van der Waals surface area contributed by atoms with Gasteiger partial charge in [0.2, 0.25) is 5.91 Å². The van der Waals surface area contributed by atoms with Crippen molar-refractivity contribution in [2.75, 3.05) is 19.6 Å². The van der Waals surface area contributed by atoms with Crippen LogP contribution in [0.5, 0.6) is 0 Å². The van der Waals surface area contributed by atoms with Crippen molar-refractivity contribution < 1.29 is 14.0 Å². The number of nitrogens with one attached hydrogen (secondary N) is 1. The molecule has 5 rings (SSSR count). The molecule has 6 nitrogen and oxygen atoms in total.